The van der Waals surface area contributed by atoms with Gasteiger partial charge in [-0.2, -0.15) is 13.2 Å². The van der Waals surface area contributed by atoms with E-state index in [1.54, 1.807) is 0 Å². The van der Waals surface area contributed by atoms with Gasteiger partial charge in [0.15, 0.2) is 11.5 Å². The summed E-state index contributed by atoms with van der Waals surface area (Å²) in [7, 11) is 0. The summed E-state index contributed by atoms with van der Waals surface area (Å²) < 4.78 is 43.1. The fourth-order valence-electron chi connectivity index (χ4n) is 1.75. The zero-order valence-electron chi connectivity index (χ0n) is 10.5. The highest BCUT2D eigenvalue weighted by atomic mass is 19.4. The fourth-order valence-corrected chi connectivity index (χ4v) is 1.75. The summed E-state index contributed by atoms with van der Waals surface area (Å²) in [5, 5.41) is 0. The van der Waals surface area contributed by atoms with Crippen LogP contribution in [0.25, 0.3) is 11.1 Å². The number of fused-ring (bicyclic) bond motifs is 1. The molecule has 2 N–H and O–H groups in total. The van der Waals surface area contributed by atoms with Crippen molar-refractivity contribution in [2.24, 2.45) is 11.7 Å². The number of aromatic nitrogens is 1. The van der Waals surface area contributed by atoms with Gasteiger partial charge in [0.25, 0.3) is 0 Å². The molecular formula is C13H15F3N2O. The van der Waals surface area contributed by atoms with Gasteiger partial charge in [-0.05, 0) is 37.1 Å². The number of nitrogens with zero attached hydrogens (tertiary/aromatic N) is 1. The minimum Gasteiger partial charge on any atom is -0.441 e. The van der Waals surface area contributed by atoms with Gasteiger partial charge in [-0.1, -0.05) is 6.92 Å². The van der Waals surface area contributed by atoms with Gasteiger partial charge >= 0.3 is 6.18 Å². The summed E-state index contributed by atoms with van der Waals surface area (Å²) in [6.07, 6.45) is -2.98. The molecular weight excluding hydrogens is 257 g/mol. The molecule has 3 nitrogen and oxygen atoms in total. The molecule has 0 saturated carbocycles. The first-order valence-electron chi connectivity index (χ1n) is 6.07. The Hall–Kier alpha value is -1.56. The van der Waals surface area contributed by atoms with Crippen LogP contribution < -0.4 is 5.73 Å². The molecule has 104 valence electrons. The fraction of sp³-hybridized carbons (Fsp3) is 0.462. The first-order chi connectivity index (χ1) is 8.90. The molecule has 1 atom stereocenters. The van der Waals surface area contributed by atoms with Crippen LogP contribution >= 0.6 is 0 Å². The zero-order valence-corrected chi connectivity index (χ0v) is 10.5. The first-order valence-corrected chi connectivity index (χ1v) is 6.07. The van der Waals surface area contributed by atoms with Crippen LogP contribution in [0.2, 0.25) is 0 Å². The number of nitrogens with two attached hydrogens (primary N) is 1. The Morgan fingerprint density at radius 3 is 2.74 bits per heavy atom. The van der Waals surface area contributed by atoms with E-state index in [9.17, 15) is 13.2 Å². The van der Waals surface area contributed by atoms with Crippen LogP contribution in [0.4, 0.5) is 13.2 Å². The Balaban J connectivity index is 2.21. The largest absolute Gasteiger partial charge is 0.441 e. The molecule has 2 rings (SSSR count). The lowest BCUT2D eigenvalue weighted by atomic mass is 10.1. The van der Waals surface area contributed by atoms with E-state index in [1.807, 2.05) is 6.92 Å². The van der Waals surface area contributed by atoms with Gasteiger partial charge in [-0.15, -0.1) is 0 Å². The van der Waals surface area contributed by atoms with Crippen molar-refractivity contribution in [3.8, 4) is 0 Å². The van der Waals surface area contributed by atoms with Crippen LogP contribution in [0.1, 0.15) is 24.8 Å². The molecule has 19 heavy (non-hydrogen) atoms. The Bertz CT molecular complexity index is 563. The van der Waals surface area contributed by atoms with E-state index in [0.29, 0.717) is 30.4 Å². The van der Waals surface area contributed by atoms with Crippen LogP contribution in [0, 0.1) is 5.92 Å². The van der Waals surface area contributed by atoms with Crippen molar-refractivity contribution < 1.29 is 17.6 Å². The Morgan fingerprint density at radius 1 is 1.37 bits per heavy atom. The van der Waals surface area contributed by atoms with E-state index in [4.69, 9.17) is 10.2 Å². The van der Waals surface area contributed by atoms with E-state index in [-0.39, 0.29) is 5.52 Å². The van der Waals surface area contributed by atoms with Crippen molar-refractivity contribution in [2.75, 3.05) is 6.54 Å². The number of hydrogen-bond donors (Lipinski definition) is 1. The first kappa shape index (κ1) is 13.9. The Kier molecular flexibility index (Phi) is 3.80. The molecule has 0 aliphatic rings. The van der Waals surface area contributed by atoms with Gasteiger partial charge in [0.2, 0.25) is 0 Å². The molecule has 0 amide bonds. The lowest BCUT2D eigenvalue weighted by Crippen LogP contribution is -2.11. The third kappa shape index (κ3) is 3.26. The number of benzene rings is 1. The second-order valence-electron chi connectivity index (χ2n) is 4.67. The molecule has 0 fully saturated rings. The van der Waals surface area contributed by atoms with Crippen molar-refractivity contribution in [1.29, 1.82) is 0 Å². The number of alkyl halides is 3. The molecule has 0 bridgehead atoms. The van der Waals surface area contributed by atoms with Crippen LogP contribution in [0.3, 0.4) is 0 Å². The number of rotatable bonds is 4. The highest BCUT2D eigenvalue weighted by Crippen LogP contribution is 2.31. The van der Waals surface area contributed by atoms with E-state index >= 15 is 0 Å². The van der Waals surface area contributed by atoms with Crippen LogP contribution in [-0.2, 0) is 12.6 Å². The van der Waals surface area contributed by atoms with E-state index < -0.39 is 11.7 Å². The standard InChI is InChI=1S/C13H15F3N2O/c1-8(7-17)2-5-12-18-10-6-9(13(14,15)16)3-4-11(10)19-12/h3-4,6,8H,2,5,7,17H2,1H3. The van der Waals surface area contributed by atoms with Crippen LogP contribution in [-0.4, -0.2) is 11.5 Å². The van der Waals surface area contributed by atoms with Crippen molar-refractivity contribution >= 4 is 11.1 Å². The van der Waals surface area contributed by atoms with Gasteiger partial charge in [-0.25, -0.2) is 4.98 Å². The maximum Gasteiger partial charge on any atom is 0.416 e. The summed E-state index contributed by atoms with van der Waals surface area (Å²) in [4.78, 5) is 4.09. The molecule has 0 spiro atoms. The summed E-state index contributed by atoms with van der Waals surface area (Å²) in [5.74, 6) is 0.787. The van der Waals surface area contributed by atoms with Gasteiger partial charge in [0.05, 0.1) is 5.56 Å². The smallest absolute Gasteiger partial charge is 0.416 e. The van der Waals surface area contributed by atoms with Crippen molar-refractivity contribution in [1.82, 2.24) is 4.98 Å². The van der Waals surface area contributed by atoms with Gasteiger partial charge < -0.3 is 10.2 Å². The predicted octanol–water partition coefficient (Wildman–Crippen LogP) is 3.37. The highest BCUT2D eigenvalue weighted by molar-refractivity contribution is 5.73. The van der Waals surface area contributed by atoms with Crippen LogP contribution in [0.15, 0.2) is 22.6 Å². The quantitative estimate of drug-likeness (QED) is 0.928. The molecule has 2 aromatic rings. The number of aryl methyl sites for hydroxylation is 1. The zero-order chi connectivity index (χ0) is 14.0. The van der Waals surface area contributed by atoms with Crippen molar-refractivity contribution in [3.05, 3.63) is 29.7 Å². The topological polar surface area (TPSA) is 52.0 Å². The number of oxazole rings is 1. The maximum absolute atomic E-state index is 12.5. The van der Waals surface area contributed by atoms with E-state index in [0.717, 1.165) is 18.6 Å². The van der Waals surface area contributed by atoms with Crippen LogP contribution in [0.5, 0.6) is 0 Å². The molecule has 0 aliphatic heterocycles. The molecule has 6 heteroatoms. The van der Waals surface area contributed by atoms with E-state index in [1.165, 1.54) is 6.07 Å². The number of halogens is 3. The Morgan fingerprint density at radius 2 is 2.11 bits per heavy atom. The van der Waals surface area contributed by atoms with Gasteiger partial charge in [0, 0.05) is 6.42 Å². The molecule has 1 aromatic carbocycles. The van der Waals surface area contributed by atoms with Gasteiger partial charge in [-0.3, -0.25) is 0 Å². The maximum atomic E-state index is 12.5. The summed E-state index contributed by atoms with van der Waals surface area (Å²) in [6.45, 7) is 2.57. The second kappa shape index (κ2) is 5.21. The third-order valence-corrected chi connectivity index (χ3v) is 3.01. The number of hydrogen-bond acceptors (Lipinski definition) is 3. The minimum atomic E-state index is -4.36. The molecule has 1 unspecified atom stereocenters. The molecule has 1 heterocycles. The predicted molar refractivity (Wildman–Crippen MR) is 65.6 cm³/mol. The molecule has 0 aliphatic carbocycles. The lowest BCUT2D eigenvalue weighted by molar-refractivity contribution is -0.137. The van der Waals surface area contributed by atoms with Gasteiger partial charge in [0.1, 0.15) is 5.52 Å². The molecule has 0 radical (unpaired) electrons. The third-order valence-electron chi connectivity index (χ3n) is 3.01. The lowest BCUT2D eigenvalue weighted by Gasteiger charge is -2.04. The Labute approximate surface area is 108 Å². The second-order valence-corrected chi connectivity index (χ2v) is 4.67. The summed E-state index contributed by atoms with van der Waals surface area (Å²) in [5.41, 5.74) is 5.41. The summed E-state index contributed by atoms with van der Waals surface area (Å²) in [6, 6.07) is 3.31. The normalized spacial score (nSPS) is 13.9. The van der Waals surface area contributed by atoms with Crippen molar-refractivity contribution in [3.63, 3.8) is 0 Å². The van der Waals surface area contributed by atoms with Crippen molar-refractivity contribution in [2.45, 2.75) is 25.9 Å². The van der Waals surface area contributed by atoms with E-state index in [2.05, 4.69) is 4.98 Å². The minimum absolute atomic E-state index is 0.241. The highest BCUT2D eigenvalue weighted by Gasteiger charge is 2.30. The monoisotopic (exact) mass is 272 g/mol. The summed E-state index contributed by atoms with van der Waals surface area (Å²) >= 11 is 0. The molecule has 1 aromatic heterocycles. The average Bonchev–Trinajstić information content (AvgIpc) is 2.76. The molecule has 0 saturated heterocycles. The SMILES string of the molecule is CC(CN)CCc1nc2cc(C(F)(F)F)ccc2o1. The average molecular weight is 272 g/mol.